The van der Waals surface area contributed by atoms with Gasteiger partial charge in [0, 0.05) is 11.8 Å². The molecule has 0 nitrogen and oxygen atoms in total. The Morgan fingerprint density at radius 3 is 1.86 bits per heavy atom. The van der Waals surface area contributed by atoms with Gasteiger partial charge in [0.2, 0.25) is 0 Å². The van der Waals surface area contributed by atoms with E-state index in [1.807, 2.05) is 0 Å². The van der Waals surface area contributed by atoms with E-state index in [-0.39, 0.29) is 5.41 Å². The van der Waals surface area contributed by atoms with Crippen LogP contribution in [0.3, 0.4) is 0 Å². The van der Waals surface area contributed by atoms with Crippen LogP contribution < -0.4 is 0 Å². The molecule has 0 spiro atoms. The standard InChI is InChI=1S/C12H24Cl2/c1-3-4-5-6-7-8-9-12(2,10-13)11-14/h3-11H2,1-2H3. The second-order valence-electron chi connectivity index (χ2n) is 4.60. The van der Waals surface area contributed by atoms with Gasteiger partial charge in [0.05, 0.1) is 0 Å². The van der Waals surface area contributed by atoms with E-state index >= 15 is 0 Å². The van der Waals surface area contributed by atoms with Crippen LogP contribution in [0, 0.1) is 5.41 Å². The zero-order chi connectivity index (χ0) is 10.9. The lowest BCUT2D eigenvalue weighted by Crippen LogP contribution is -2.20. The van der Waals surface area contributed by atoms with Crippen molar-refractivity contribution in [2.24, 2.45) is 5.41 Å². The fraction of sp³-hybridized carbons (Fsp3) is 1.00. The molecule has 0 aliphatic rings. The molecule has 0 aromatic rings. The van der Waals surface area contributed by atoms with E-state index in [9.17, 15) is 0 Å². The van der Waals surface area contributed by atoms with Gasteiger partial charge >= 0.3 is 0 Å². The van der Waals surface area contributed by atoms with Crippen LogP contribution in [0.25, 0.3) is 0 Å². The highest BCUT2D eigenvalue weighted by atomic mass is 35.5. The van der Waals surface area contributed by atoms with Gasteiger partial charge in [-0.15, -0.1) is 23.2 Å². The van der Waals surface area contributed by atoms with Crippen LogP contribution in [0.1, 0.15) is 58.8 Å². The van der Waals surface area contributed by atoms with E-state index in [1.54, 1.807) is 0 Å². The average Bonchev–Trinajstić information content (AvgIpc) is 2.23. The van der Waals surface area contributed by atoms with Crippen molar-refractivity contribution in [2.75, 3.05) is 11.8 Å². The highest BCUT2D eigenvalue weighted by Gasteiger charge is 2.20. The fourth-order valence-electron chi connectivity index (χ4n) is 1.50. The molecule has 0 atom stereocenters. The van der Waals surface area contributed by atoms with Gasteiger partial charge in [-0.1, -0.05) is 52.4 Å². The second-order valence-corrected chi connectivity index (χ2v) is 5.13. The maximum Gasteiger partial charge on any atom is 0.0288 e. The predicted molar refractivity (Wildman–Crippen MR) is 67.5 cm³/mol. The number of hydrogen-bond acceptors (Lipinski definition) is 0. The molecule has 0 saturated carbocycles. The SMILES string of the molecule is CCCCCCCCC(C)(CCl)CCl. The average molecular weight is 239 g/mol. The van der Waals surface area contributed by atoms with Crippen LogP contribution in [0.5, 0.6) is 0 Å². The summed E-state index contributed by atoms with van der Waals surface area (Å²) in [6.07, 6.45) is 9.24. The molecule has 0 amide bonds. The van der Waals surface area contributed by atoms with Crippen molar-refractivity contribution in [3.05, 3.63) is 0 Å². The number of halogens is 2. The molecular formula is C12H24Cl2. The molecule has 0 aliphatic heterocycles. The van der Waals surface area contributed by atoms with Gasteiger partial charge in [-0.3, -0.25) is 0 Å². The maximum atomic E-state index is 5.89. The summed E-state index contributed by atoms with van der Waals surface area (Å²) in [5, 5.41) is 0. The minimum Gasteiger partial charge on any atom is -0.126 e. The van der Waals surface area contributed by atoms with Crippen molar-refractivity contribution in [1.29, 1.82) is 0 Å². The monoisotopic (exact) mass is 238 g/mol. The molecule has 0 fully saturated rings. The van der Waals surface area contributed by atoms with Gasteiger partial charge in [-0.2, -0.15) is 0 Å². The van der Waals surface area contributed by atoms with Crippen molar-refractivity contribution < 1.29 is 0 Å². The topological polar surface area (TPSA) is 0 Å². The lowest BCUT2D eigenvalue weighted by Gasteiger charge is -2.23. The Balaban J connectivity index is 3.34. The Labute approximate surface area is 99.4 Å². The maximum absolute atomic E-state index is 5.89. The van der Waals surface area contributed by atoms with E-state index in [1.165, 1.54) is 44.9 Å². The third-order valence-electron chi connectivity index (χ3n) is 2.78. The van der Waals surface area contributed by atoms with E-state index in [2.05, 4.69) is 13.8 Å². The predicted octanol–water partition coefficient (Wildman–Crippen LogP) is 5.22. The summed E-state index contributed by atoms with van der Waals surface area (Å²) < 4.78 is 0. The Morgan fingerprint density at radius 1 is 0.857 bits per heavy atom. The van der Waals surface area contributed by atoms with E-state index in [0.29, 0.717) is 11.8 Å². The molecule has 0 bridgehead atoms. The first kappa shape index (κ1) is 14.6. The summed E-state index contributed by atoms with van der Waals surface area (Å²) in [5.74, 6) is 1.37. The third kappa shape index (κ3) is 6.95. The summed E-state index contributed by atoms with van der Waals surface area (Å²) in [4.78, 5) is 0. The van der Waals surface area contributed by atoms with Gasteiger partial charge in [-0.25, -0.2) is 0 Å². The van der Waals surface area contributed by atoms with Crippen LogP contribution in [0.15, 0.2) is 0 Å². The number of unbranched alkanes of at least 4 members (excludes halogenated alkanes) is 5. The van der Waals surface area contributed by atoms with Crippen LogP contribution in [0.2, 0.25) is 0 Å². The summed E-state index contributed by atoms with van der Waals surface area (Å²) in [5.41, 5.74) is 0.161. The Morgan fingerprint density at radius 2 is 1.36 bits per heavy atom. The second kappa shape index (κ2) is 8.85. The van der Waals surface area contributed by atoms with Crippen LogP contribution in [-0.4, -0.2) is 11.8 Å². The van der Waals surface area contributed by atoms with Gasteiger partial charge in [0.25, 0.3) is 0 Å². The van der Waals surface area contributed by atoms with Gasteiger partial charge in [0.1, 0.15) is 0 Å². The Kier molecular flexibility index (Phi) is 9.22. The minimum atomic E-state index is 0.161. The highest BCUT2D eigenvalue weighted by Crippen LogP contribution is 2.27. The largest absolute Gasteiger partial charge is 0.126 e. The molecule has 0 aromatic carbocycles. The third-order valence-corrected chi connectivity index (χ3v) is 4.07. The molecule has 0 N–H and O–H groups in total. The molecule has 0 aromatic heterocycles. The summed E-state index contributed by atoms with van der Waals surface area (Å²) in [6.45, 7) is 4.43. The summed E-state index contributed by atoms with van der Waals surface area (Å²) in [7, 11) is 0. The Hall–Kier alpha value is 0.580. The van der Waals surface area contributed by atoms with Crippen molar-refractivity contribution in [2.45, 2.75) is 58.8 Å². The van der Waals surface area contributed by atoms with Gasteiger partial charge in [0.15, 0.2) is 0 Å². The smallest absolute Gasteiger partial charge is 0.0288 e. The molecule has 0 rings (SSSR count). The molecule has 0 heterocycles. The number of hydrogen-bond donors (Lipinski definition) is 0. The van der Waals surface area contributed by atoms with E-state index in [4.69, 9.17) is 23.2 Å². The van der Waals surface area contributed by atoms with Gasteiger partial charge < -0.3 is 0 Å². The molecule has 0 radical (unpaired) electrons. The minimum absolute atomic E-state index is 0.161. The van der Waals surface area contributed by atoms with Crippen molar-refractivity contribution >= 4 is 23.2 Å². The number of alkyl halides is 2. The van der Waals surface area contributed by atoms with E-state index < -0.39 is 0 Å². The first-order valence-corrected chi connectivity index (χ1v) is 6.87. The molecule has 14 heavy (non-hydrogen) atoms. The zero-order valence-corrected chi connectivity index (χ0v) is 11.1. The summed E-state index contributed by atoms with van der Waals surface area (Å²) in [6, 6.07) is 0. The highest BCUT2D eigenvalue weighted by molar-refractivity contribution is 6.21. The molecule has 0 unspecified atom stereocenters. The lowest BCUT2D eigenvalue weighted by atomic mass is 9.88. The van der Waals surface area contributed by atoms with Crippen LogP contribution in [0.4, 0.5) is 0 Å². The zero-order valence-electron chi connectivity index (χ0n) is 9.62. The van der Waals surface area contributed by atoms with E-state index in [0.717, 1.165) is 0 Å². The molecule has 2 heteroatoms. The van der Waals surface area contributed by atoms with Crippen LogP contribution in [-0.2, 0) is 0 Å². The van der Waals surface area contributed by atoms with Crippen molar-refractivity contribution in [3.63, 3.8) is 0 Å². The summed E-state index contributed by atoms with van der Waals surface area (Å²) >= 11 is 11.8. The quantitative estimate of drug-likeness (QED) is 0.382. The Bertz CT molecular complexity index is 119. The van der Waals surface area contributed by atoms with Gasteiger partial charge in [-0.05, 0) is 11.8 Å². The number of rotatable bonds is 9. The molecule has 0 aliphatic carbocycles. The molecule has 86 valence electrons. The normalized spacial score (nSPS) is 12.0. The molecular weight excluding hydrogens is 215 g/mol. The molecule has 0 saturated heterocycles. The van der Waals surface area contributed by atoms with Crippen LogP contribution >= 0.6 is 23.2 Å². The lowest BCUT2D eigenvalue weighted by molar-refractivity contribution is 0.368. The first-order valence-electron chi connectivity index (χ1n) is 5.80. The first-order chi connectivity index (χ1) is 6.68. The van der Waals surface area contributed by atoms with Crippen molar-refractivity contribution in [1.82, 2.24) is 0 Å². The fourth-order valence-corrected chi connectivity index (χ4v) is 2.05. The van der Waals surface area contributed by atoms with Crippen molar-refractivity contribution in [3.8, 4) is 0 Å².